The molecule has 0 aliphatic rings. The highest BCUT2D eigenvalue weighted by Gasteiger charge is 2.38. The highest BCUT2D eigenvalue weighted by atomic mass is 32.2. The summed E-state index contributed by atoms with van der Waals surface area (Å²) in [4.78, 5) is 0. The molecule has 0 bridgehead atoms. The van der Waals surface area contributed by atoms with E-state index in [0.29, 0.717) is 0 Å². The molecule has 0 radical (unpaired) electrons. The summed E-state index contributed by atoms with van der Waals surface area (Å²) >= 11 is 0. The van der Waals surface area contributed by atoms with Crippen LogP contribution in [0, 0.1) is 0 Å². The van der Waals surface area contributed by atoms with Crippen LogP contribution in [-0.2, 0) is 29.7 Å². The predicted octanol–water partition coefficient (Wildman–Crippen LogP) is 0.709. The molecule has 1 aromatic rings. The largest absolute Gasteiger partial charge is 0.391 e. The predicted molar refractivity (Wildman–Crippen MR) is 71.2 cm³/mol. The Morgan fingerprint density at radius 2 is 2.06 bits per heavy atom. The van der Waals surface area contributed by atoms with E-state index in [-0.39, 0.29) is 6.42 Å². The molecule has 0 spiro atoms. The van der Waals surface area contributed by atoms with Gasteiger partial charge in [-0.2, -0.15) is 5.10 Å². The van der Waals surface area contributed by atoms with Crippen molar-refractivity contribution >= 4 is 9.84 Å². The van der Waals surface area contributed by atoms with Gasteiger partial charge in [0.25, 0.3) is 0 Å². The molecular weight excluding hydrogens is 252 g/mol. The summed E-state index contributed by atoms with van der Waals surface area (Å²) in [6, 6.07) is 1.90. The first-order valence-electron chi connectivity index (χ1n) is 5.99. The van der Waals surface area contributed by atoms with E-state index in [1.807, 2.05) is 13.0 Å². The number of sulfone groups is 1. The minimum Gasteiger partial charge on any atom is -0.391 e. The highest BCUT2D eigenvalue weighted by Crippen LogP contribution is 2.23. The molecule has 1 aromatic heterocycles. The molecule has 0 aliphatic carbocycles. The fourth-order valence-electron chi connectivity index (χ4n) is 1.63. The van der Waals surface area contributed by atoms with Gasteiger partial charge >= 0.3 is 0 Å². The summed E-state index contributed by atoms with van der Waals surface area (Å²) in [7, 11) is -1.51. The fraction of sp³-hybridized carbons (Fsp3) is 0.750. The van der Waals surface area contributed by atoms with Crippen LogP contribution in [0.3, 0.4) is 0 Å². The van der Waals surface area contributed by atoms with Crippen LogP contribution in [0.1, 0.15) is 32.2 Å². The number of aliphatic hydroxyl groups excluding tert-OH is 1. The molecule has 1 N–H and O–H groups in total. The van der Waals surface area contributed by atoms with Gasteiger partial charge in [-0.1, -0.05) is 6.92 Å². The van der Waals surface area contributed by atoms with Gasteiger partial charge in [0.1, 0.15) is 0 Å². The van der Waals surface area contributed by atoms with Gasteiger partial charge in [0.15, 0.2) is 9.84 Å². The van der Waals surface area contributed by atoms with Gasteiger partial charge in [0.05, 0.1) is 16.5 Å². The standard InChI is InChI=1S/C12H22N2O3S/c1-6-9-7-10(14(4)13-9)8-11(15)12(2,3)18(5,16)17/h7,11,15H,6,8H2,1-5H3. The van der Waals surface area contributed by atoms with Crippen molar-refractivity contribution in [2.75, 3.05) is 6.26 Å². The Hall–Kier alpha value is -0.880. The van der Waals surface area contributed by atoms with Gasteiger partial charge < -0.3 is 5.11 Å². The van der Waals surface area contributed by atoms with Crippen molar-refractivity contribution in [1.29, 1.82) is 0 Å². The van der Waals surface area contributed by atoms with Crippen molar-refractivity contribution in [1.82, 2.24) is 9.78 Å². The molecule has 0 fully saturated rings. The average molecular weight is 274 g/mol. The first-order chi connectivity index (χ1) is 8.09. The first-order valence-corrected chi connectivity index (χ1v) is 7.88. The van der Waals surface area contributed by atoms with Crippen LogP contribution in [0.4, 0.5) is 0 Å². The number of hydrogen-bond donors (Lipinski definition) is 1. The van der Waals surface area contributed by atoms with Crippen LogP contribution >= 0.6 is 0 Å². The van der Waals surface area contributed by atoms with Crippen molar-refractivity contribution in [2.24, 2.45) is 7.05 Å². The maximum absolute atomic E-state index is 11.6. The van der Waals surface area contributed by atoms with E-state index in [0.717, 1.165) is 24.1 Å². The third-order valence-electron chi connectivity index (χ3n) is 3.55. The lowest BCUT2D eigenvalue weighted by molar-refractivity contribution is 0.135. The monoisotopic (exact) mass is 274 g/mol. The van der Waals surface area contributed by atoms with Crippen LogP contribution in [-0.4, -0.2) is 40.4 Å². The normalized spacial score (nSPS) is 14.8. The maximum Gasteiger partial charge on any atom is 0.155 e. The molecule has 5 nitrogen and oxygen atoms in total. The molecule has 1 heterocycles. The summed E-state index contributed by atoms with van der Waals surface area (Å²) in [6.07, 6.45) is 1.30. The Morgan fingerprint density at radius 1 is 1.50 bits per heavy atom. The molecule has 0 saturated heterocycles. The van der Waals surface area contributed by atoms with Crippen molar-refractivity contribution in [3.05, 3.63) is 17.5 Å². The van der Waals surface area contributed by atoms with Crippen molar-refractivity contribution in [3.63, 3.8) is 0 Å². The van der Waals surface area contributed by atoms with Gasteiger partial charge in [-0.3, -0.25) is 4.68 Å². The molecule has 0 saturated carbocycles. The summed E-state index contributed by atoms with van der Waals surface area (Å²) in [6.45, 7) is 5.09. The molecule has 1 rings (SSSR count). The zero-order valence-electron chi connectivity index (χ0n) is 11.6. The number of aryl methyl sites for hydroxylation is 2. The molecule has 0 aromatic carbocycles. The van der Waals surface area contributed by atoms with E-state index in [9.17, 15) is 13.5 Å². The molecule has 1 atom stereocenters. The summed E-state index contributed by atoms with van der Waals surface area (Å²) in [5, 5.41) is 14.4. The maximum atomic E-state index is 11.6. The molecule has 18 heavy (non-hydrogen) atoms. The van der Waals surface area contributed by atoms with Crippen molar-refractivity contribution in [3.8, 4) is 0 Å². The summed E-state index contributed by atoms with van der Waals surface area (Å²) in [5.41, 5.74) is 1.79. The molecule has 1 unspecified atom stereocenters. The lowest BCUT2D eigenvalue weighted by Crippen LogP contribution is -2.44. The van der Waals surface area contributed by atoms with E-state index in [4.69, 9.17) is 0 Å². The summed E-state index contributed by atoms with van der Waals surface area (Å²) in [5.74, 6) is 0. The summed E-state index contributed by atoms with van der Waals surface area (Å²) < 4.78 is 23.8. The smallest absolute Gasteiger partial charge is 0.155 e. The second-order valence-electron chi connectivity index (χ2n) is 5.20. The number of nitrogens with zero attached hydrogens (tertiary/aromatic N) is 2. The Morgan fingerprint density at radius 3 is 2.44 bits per heavy atom. The number of rotatable bonds is 5. The number of aliphatic hydroxyl groups is 1. The minimum absolute atomic E-state index is 0.281. The van der Waals surface area contributed by atoms with Gasteiger partial charge in [-0.05, 0) is 26.3 Å². The topological polar surface area (TPSA) is 72.2 Å². The molecular formula is C12H22N2O3S. The van der Waals surface area contributed by atoms with Crippen molar-refractivity contribution < 1.29 is 13.5 Å². The van der Waals surface area contributed by atoms with Crippen LogP contribution in [0.15, 0.2) is 6.07 Å². The third-order valence-corrected chi connectivity index (χ3v) is 5.73. The van der Waals surface area contributed by atoms with Gasteiger partial charge in [0, 0.05) is 25.4 Å². The van der Waals surface area contributed by atoms with E-state index in [1.165, 1.54) is 0 Å². The minimum atomic E-state index is -3.31. The van der Waals surface area contributed by atoms with Gasteiger partial charge in [0.2, 0.25) is 0 Å². The third kappa shape index (κ3) is 2.92. The molecule has 0 aliphatic heterocycles. The van der Waals surface area contributed by atoms with E-state index in [2.05, 4.69) is 5.10 Å². The highest BCUT2D eigenvalue weighted by molar-refractivity contribution is 7.92. The van der Waals surface area contributed by atoms with E-state index < -0.39 is 20.7 Å². The fourth-order valence-corrected chi connectivity index (χ4v) is 2.20. The molecule has 6 heteroatoms. The number of hydrogen-bond acceptors (Lipinski definition) is 4. The second-order valence-corrected chi connectivity index (χ2v) is 7.80. The quantitative estimate of drug-likeness (QED) is 0.858. The second kappa shape index (κ2) is 5.01. The lowest BCUT2D eigenvalue weighted by atomic mass is 10.0. The van der Waals surface area contributed by atoms with Gasteiger partial charge in [-0.25, -0.2) is 8.42 Å². The SMILES string of the molecule is CCc1cc(CC(O)C(C)(C)S(C)(=O)=O)n(C)n1. The van der Waals surface area contributed by atoms with Crippen molar-refractivity contribution in [2.45, 2.75) is 44.5 Å². The Bertz CT molecular complexity index is 517. The zero-order valence-corrected chi connectivity index (χ0v) is 12.5. The molecule has 0 amide bonds. The Balaban J connectivity index is 2.94. The first kappa shape index (κ1) is 15.2. The van der Waals surface area contributed by atoms with Crippen LogP contribution in [0.5, 0.6) is 0 Å². The van der Waals surface area contributed by atoms with Crippen LogP contribution in [0.25, 0.3) is 0 Å². The average Bonchev–Trinajstić information content (AvgIpc) is 2.58. The molecule has 104 valence electrons. The van der Waals surface area contributed by atoms with Gasteiger partial charge in [-0.15, -0.1) is 0 Å². The van der Waals surface area contributed by atoms with E-state index in [1.54, 1.807) is 25.6 Å². The number of aromatic nitrogens is 2. The van der Waals surface area contributed by atoms with E-state index >= 15 is 0 Å². The van der Waals surface area contributed by atoms with Crippen LogP contribution in [0.2, 0.25) is 0 Å². The Kier molecular flexibility index (Phi) is 4.23. The zero-order chi connectivity index (χ0) is 14.1. The lowest BCUT2D eigenvalue weighted by Gasteiger charge is -2.28. The van der Waals surface area contributed by atoms with Crippen LogP contribution < -0.4 is 0 Å². The Labute approximate surface area is 109 Å².